The minimum atomic E-state index is -1.68. The molecule has 0 fully saturated rings. The second-order valence-electron chi connectivity index (χ2n) is 10.7. The third-order valence-electron chi connectivity index (χ3n) is 6.99. The van der Waals surface area contributed by atoms with Crippen LogP contribution < -0.4 is 36.5 Å². The Morgan fingerprint density at radius 2 is 1.77 bits per heavy atom. The topological polar surface area (TPSA) is 222 Å². The van der Waals surface area contributed by atoms with Crippen molar-refractivity contribution in [2.24, 2.45) is 11.7 Å². The molecule has 0 saturated carbocycles. The molecule has 4 rings (SSSR count). The Kier molecular flexibility index (Phi) is 11.8. The zero-order valence-corrected chi connectivity index (χ0v) is 25.5. The van der Waals surface area contributed by atoms with Gasteiger partial charge in [0.1, 0.15) is 23.9 Å². The monoisotopic (exact) mass is 635 g/mol. The Labute approximate surface area is 259 Å². The van der Waals surface area contributed by atoms with Crippen LogP contribution in [0.25, 0.3) is 0 Å². The van der Waals surface area contributed by atoms with Gasteiger partial charge in [-0.15, -0.1) is 0 Å². The number of likely N-dealkylation sites (N-methyl/N-ethyl adjacent to an activating group) is 1. The fourth-order valence-corrected chi connectivity index (χ4v) is 4.96. The number of aliphatic hydroxyl groups excluding tert-OH is 2. The number of primary amides is 1. The first-order chi connectivity index (χ1) is 20.8. The van der Waals surface area contributed by atoms with Gasteiger partial charge in [-0.1, -0.05) is 31.5 Å². The van der Waals surface area contributed by atoms with Crippen molar-refractivity contribution in [3.63, 3.8) is 0 Å². The highest BCUT2D eigenvalue weighted by atomic mass is 35.5. The molecule has 5 atom stereocenters. The number of rotatable bonds is 9. The molecule has 0 saturated heterocycles. The molecular weight excluding hydrogens is 598 g/mol. The van der Waals surface area contributed by atoms with Gasteiger partial charge in [0.2, 0.25) is 29.4 Å². The van der Waals surface area contributed by atoms with Crippen molar-refractivity contribution in [2.45, 2.75) is 57.0 Å². The smallest absolute Gasteiger partial charge is 0.246 e. The molecule has 2 aromatic rings. The SMILES string of the molecule is CN[C@H](CC(C)C)C(=O)N[C@@H]1C(=O)N[C@H](CC(N)=O)C(=O)N[C@H](CO)c2cc(O)c(OC)c(c2)Oc2ccc(cc2Cl)[C@@H]1O. The zero-order valence-electron chi connectivity index (χ0n) is 24.7. The summed E-state index contributed by atoms with van der Waals surface area (Å²) in [5.41, 5.74) is 5.66. The first-order valence-corrected chi connectivity index (χ1v) is 14.2. The minimum absolute atomic E-state index is 0.00222. The number of phenolic OH excluding ortho intramolecular Hbond substituents is 1. The minimum Gasteiger partial charge on any atom is -0.504 e. The standard InChI is InChI=1S/C29H38ClN5O9/c1-13(2)7-17(32-3)27(40)35-24-25(39)14-5-6-21(16(30)8-14)44-22-10-15(9-20(37)26(22)43-4)19(12-36)34-28(41)18(11-23(31)38)33-29(24)42/h5-6,8-10,13,17-19,24-25,32,36-37,39H,7,11-12H2,1-4H3,(H2,31,38)(H,33,42)(H,34,41)(H,35,40)/t17-,18-,19-,24+,25+/m1/s1. The van der Waals surface area contributed by atoms with Gasteiger partial charge >= 0.3 is 0 Å². The number of aliphatic hydroxyl groups is 2. The van der Waals surface area contributed by atoms with Crippen LogP contribution in [0.3, 0.4) is 0 Å². The molecule has 2 heterocycles. The van der Waals surface area contributed by atoms with E-state index < -0.39 is 66.9 Å². The van der Waals surface area contributed by atoms with Crippen LogP contribution >= 0.6 is 11.6 Å². The first-order valence-electron chi connectivity index (χ1n) is 13.8. The molecule has 9 N–H and O–H groups in total. The second-order valence-corrected chi connectivity index (χ2v) is 11.1. The summed E-state index contributed by atoms with van der Waals surface area (Å²) in [5.74, 6) is -3.73. The van der Waals surface area contributed by atoms with Crippen LogP contribution in [0.4, 0.5) is 0 Å². The molecule has 14 nitrogen and oxygen atoms in total. The predicted octanol–water partition coefficient (Wildman–Crippen LogP) is 0.522. The molecule has 2 aromatic carbocycles. The molecule has 0 spiro atoms. The highest BCUT2D eigenvalue weighted by Gasteiger charge is 2.36. The van der Waals surface area contributed by atoms with Gasteiger partial charge in [0, 0.05) is 0 Å². The maximum Gasteiger partial charge on any atom is 0.246 e. The third-order valence-corrected chi connectivity index (χ3v) is 7.28. The van der Waals surface area contributed by atoms with Crippen molar-refractivity contribution < 1.29 is 44.0 Å². The molecule has 0 aromatic heterocycles. The fraction of sp³-hybridized carbons (Fsp3) is 0.448. The quantitative estimate of drug-likeness (QED) is 0.191. The number of carbonyl (C=O) groups excluding carboxylic acids is 4. The van der Waals surface area contributed by atoms with Gasteiger partial charge < -0.3 is 51.8 Å². The van der Waals surface area contributed by atoms with Gasteiger partial charge in [0.15, 0.2) is 11.5 Å². The number of hydrogen-bond donors (Lipinski definition) is 8. The molecule has 0 aliphatic carbocycles. The third kappa shape index (κ3) is 8.29. The van der Waals surface area contributed by atoms with Gasteiger partial charge in [0.05, 0.1) is 37.2 Å². The summed E-state index contributed by atoms with van der Waals surface area (Å²) in [6.45, 7) is 3.16. The Hall–Kier alpha value is -4.11. The number of carbonyl (C=O) groups is 4. The van der Waals surface area contributed by atoms with Crippen molar-refractivity contribution in [3.8, 4) is 23.0 Å². The average molecular weight is 636 g/mol. The summed E-state index contributed by atoms with van der Waals surface area (Å²) in [4.78, 5) is 52.1. The number of ether oxygens (including phenoxy) is 2. The normalized spacial score (nSPS) is 21.2. The Bertz CT molecular complexity index is 1390. The number of phenols is 1. The fourth-order valence-electron chi connectivity index (χ4n) is 4.73. The molecule has 4 amide bonds. The van der Waals surface area contributed by atoms with Crippen LogP contribution in [0.2, 0.25) is 5.02 Å². The van der Waals surface area contributed by atoms with Crippen molar-refractivity contribution in [1.29, 1.82) is 0 Å². The number of nitrogens with two attached hydrogens (primary N) is 1. The lowest BCUT2D eigenvalue weighted by molar-refractivity contribution is -0.136. The van der Waals surface area contributed by atoms with Crippen LogP contribution in [0.15, 0.2) is 30.3 Å². The molecule has 44 heavy (non-hydrogen) atoms. The molecule has 240 valence electrons. The van der Waals surface area contributed by atoms with Gasteiger partial charge in [-0.05, 0) is 54.8 Å². The van der Waals surface area contributed by atoms with Gasteiger partial charge in [-0.2, -0.15) is 0 Å². The van der Waals surface area contributed by atoms with Crippen LogP contribution in [-0.2, 0) is 19.2 Å². The molecule has 2 aliphatic heterocycles. The maximum atomic E-state index is 13.6. The second kappa shape index (κ2) is 15.1. The summed E-state index contributed by atoms with van der Waals surface area (Å²) < 4.78 is 11.2. The first kappa shape index (κ1) is 34.4. The lowest BCUT2D eigenvalue weighted by Crippen LogP contribution is -2.58. The van der Waals surface area contributed by atoms with E-state index in [0.717, 1.165) is 0 Å². The average Bonchev–Trinajstić information content (AvgIpc) is 2.96. The Morgan fingerprint density at radius 3 is 2.34 bits per heavy atom. The predicted molar refractivity (Wildman–Crippen MR) is 159 cm³/mol. The van der Waals surface area contributed by atoms with Gasteiger partial charge in [-0.25, -0.2) is 0 Å². The number of methoxy groups -OCH3 is 1. The molecule has 15 heteroatoms. The van der Waals surface area contributed by atoms with Crippen LogP contribution in [0.5, 0.6) is 23.0 Å². The van der Waals surface area contributed by atoms with Crippen LogP contribution in [0.1, 0.15) is 50.0 Å². The van der Waals surface area contributed by atoms with E-state index in [1.165, 1.54) is 37.4 Å². The van der Waals surface area contributed by atoms with E-state index in [0.29, 0.717) is 6.42 Å². The lowest BCUT2D eigenvalue weighted by Gasteiger charge is -2.29. The summed E-state index contributed by atoms with van der Waals surface area (Å²) in [5, 5.41) is 42.4. The van der Waals surface area contributed by atoms with Crippen LogP contribution in [0, 0.1) is 5.92 Å². The van der Waals surface area contributed by atoms with E-state index in [2.05, 4.69) is 21.3 Å². The number of fused-ring (bicyclic) bond motifs is 9. The van der Waals surface area contributed by atoms with Crippen molar-refractivity contribution >= 4 is 35.2 Å². The number of hydrogen-bond acceptors (Lipinski definition) is 10. The molecular formula is C29H38ClN5O9. The number of aromatic hydroxyl groups is 1. The van der Waals surface area contributed by atoms with Gasteiger partial charge in [0.25, 0.3) is 0 Å². The van der Waals surface area contributed by atoms with E-state index in [4.69, 9.17) is 26.8 Å². The van der Waals surface area contributed by atoms with E-state index in [9.17, 15) is 34.5 Å². The maximum absolute atomic E-state index is 13.6. The van der Waals surface area contributed by atoms with E-state index >= 15 is 0 Å². The van der Waals surface area contributed by atoms with E-state index in [-0.39, 0.29) is 45.1 Å². The van der Waals surface area contributed by atoms with E-state index in [1.807, 2.05) is 13.8 Å². The van der Waals surface area contributed by atoms with E-state index in [1.54, 1.807) is 7.05 Å². The summed E-state index contributed by atoms with van der Waals surface area (Å²) >= 11 is 6.49. The van der Waals surface area contributed by atoms with Crippen molar-refractivity contribution in [1.82, 2.24) is 21.3 Å². The molecule has 0 radical (unpaired) electrons. The highest BCUT2D eigenvalue weighted by Crippen LogP contribution is 2.43. The summed E-state index contributed by atoms with van der Waals surface area (Å²) in [7, 11) is 2.88. The highest BCUT2D eigenvalue weighted by molar-refractivity contribution is 6.32. The Morgan fingerprint density at radius 1 is 1.09 bits per heavy atom. The van der Waals surface area contributed by atoms with Crippen molar-refractivity contribution in [2.75, 3.05) is 20.8 Å². The summed E-state index contributed by atoms with van der Waals surface area (Å²) in [6, 6.07) is 1.67. The van der Waals surface area contributed by atoms with Crippen molar-refractivity contribution in [3.05, 3.63) is 46.5 Å². The lowest BCUT2D eigenvalue weighted by atomic mass is 9.98. The number of halogens is 1. The largest absolute Gasteiger partial charge is 0.504 e. The Balaban J connectivity index is 2.16. The molecule has 0 unspecified atom stereocenters. The number of benzene rings is 2. The van der Waals surface area contributed by atoms with Crippen LogP contribution in [-0.4, -0.2) is 77.8 Å². The molecule has 2 aliphatic rings. The summed E-state index contributed by atoms with van der Waals surface area (Å²) in [6.07, 6.45) is -1.92. The molecule has 4 bridgehead atoms. The number of amides is 4. The zero-order chi connectivity index (χ0) is 32.7. The van der Waals surface area contributed by atoms with Gasteiger partial charge in [-0.3, -0.25) is 19.2 Å². The number of nitrogens with one attached hydrogen (secondary N) is 4.